The number of nitrogens with zero attached hydrogens (tertiary/aromatic N) is 5. The number of thiazole rings is 1. The fourth-order valence-electron chi connectivity index (χ4n) is 4.56. The van der Waals surface area contributed by atoms with Gasteiger partial charge in [0.1, 0.15) is 11.7 Å². The van der Waals surface area contributed by atoms with Gasteiger partial charge in [0.2, 0.25) is 15.9 Å². The number of amides is 2. The van der Waals surface area contributed by atoms with Crippen LogP contribution < -0.4 is 10.6 Å². The molecule has 0 spiro atoms. The Labute approximate surface area is 246 Å². The molecular formula is C26H31N7O7S2. The van der Waals surface area contributed by atoms with Crippen molar-refractivity contribution in [2.75, 3.05) is 19.7 Å². The van der Waals surface area contributed by atoms with Crippen LogP contribution >= 0.6 is 11.3 Å². The molecule has 2 fully saturated rings. The molecule has 2 aromatic heterocycles. The van der Waals surface area contributed by atoms with E-state index in [1.165, 1.54) is 20.3 Å². The Bertz CT molecular complexity index is 1500. The molecule has 2 N–H and O–H groups in total. The number of nitrogens with one attached hydrogen (secondary N) is 2. The first-order valence-corrected chi connectivity index (χ1v) is 15.9. The molecule has 2 amide bonds. The van der Waals surface area contributed by atoms with Crippen molar-refractivity contribution in [1.82, 2.24) is 34.9 Å². The molecular weight excluding hydrogens is 586 g/mol. The summed E-state index contributed by atoms with van der Waals surface area (Å²) >= 11 is 1.36. The molecule has 1 aromatic carbocycles. The predicted octanol–water partition coefficient (Wildman–Crippen LogP) is 0.573. The van der Waals surface area contributed by atoms with E-state index in [-0.39, 0.29) is 24.5 Å². The number of piperidine rings is 1. The van der Waals surface area contributed by atoms with Gasteiger partial charge in [-0.15, -0.1) is 16.4 Å². The van der Waals surface area contributed by atoms with Gasteiger partial charge in [-0.2, -0.15) is 4.31 Å². The largest absolute Gasteiger partial charge is 0.464 e. The molecule has 42 heavy (non-hydrogen) atoms. The number of carbonyl (C=O) groups excluding carboxylic acids is 3. The lowest BCUT2D eigenvalue weighted by Gasteiger charge is -2.25. The summed E-state index contributed by atoms with van der Waals surface area (Å²) in [5.41, 5.74) is 3.30. The van der Waals surface area contributed by atoms with Gasteiger partial charge in [-0.3, -0.25) is 9.59 Å². The Morgan fingerprint density at radius 3 is 2.57 bits per heavy atom. The average molecular weight is 618 g/mol. The quantitative estimate of drug-likeness (QED) is 0.216. The summed E-state index contributed by atoms with van der Waals surface area (Å²) in [5.74, 6) is -1.70. The van der Waals surface area contributed by atoms with Crippen LogP contribution in [0.5, 0.6) is 0 Å². The van der Waals surface area contributed by atoms with Gasteiger partial charge >= 0.3 is 5.97 Å². The number of epoxide rings is 1. The topological polar surface area (TPSA) is 178 Å². The van der Waals surface area contributed by atoms with E-state index in [2.05, 4.69) is 25.9 Å². The summed E-state index contributed by atoms with van der Waals surface area (Å²) in [5, 5.41) is 15.3. The van der Waals surface area contributed by atoms with Crippen LogP contribution in [0.15, 0.2) is 46.2 Å². The molecule has 3 atom stereocenters. The fraction of sp³-hybridized carbons (Fsp3) is 0.462. The Morgan fingerprint density at radius 2 is 1.88 bits per heavy atom. The highest BCUT2D eigenvalue weighted by molar-refractivity contribution is 7.89. The zero-order valence-electron chi connectivity index (χ0n) is 22.8. The number of aromatic nitrogens is 4. The minimum absolute atomic E-state index is 0.0229. The van der Waals surface area contributed by atoms with E-state index in [0.717, 1.165) is 19.3 Å². The lowest BCUT2D eigenvalue weighted by molar-refractivity contribution is -0.144. The Morgan fingerprint density at radius 1 is 1.12 bits per heavy atom. The van der Waals surface area contributed by atoms with Crippen LogP contribution in [0.3, 0.4) is 0 Å². The molecule has 0 unspecified atom stereocenters. The van der Waals surface area contributed by atoms with E-state index in [9.17, 15) is 22.8 Å². The highest BCUT2D eigenvalue weighted by Crippen LogP contribution is 2.24. The average Bonchev–Trinajstić information content (AvgIpc) is 3.38. The van der Waals surface area contributed by atoms with Gasteiger partial charge in [0.15, 0.2) is 12.2 Å². The van der Waals surface area contributed by atoms with E-state index in [0.29, 0.717) is 30.2 Å². The van der Waals surface area contributed by atoms with Crippen molar-refractivity contribution < 1.29 is 32.3 Å². The van der Waals surface area contributed by atoms with Crippen molar-refractivity contribution in [3.8, 4) is 5.69 Å². The zero-order chi connectivity index (χ0) is 29.7. The van der Waals surface area contributed by atoms with Crippen LogP contribution in [0.4, 0.5) is 0 Å². The summed E-state index contributed by atoms with van der Waals surface area (Å²) in [7, 11) is -3.55. The smallest absolute Gasteiger partial charge is 0.338 e. The van der Waals surface area contributed by atoms with E-state index in [1.54, 1.807) is 48.3 Å². The molecule has 5 rings (SSSR count). The van der Waals surface area contributed by atoms with E-state index < -0.39 is 46.1 Å². The van der Waals surface area contributed by atoms with Crippen molar-refractivity contribution in [2.45, 2.75) is 62.3 Å². The van der Waals surface area contributed by atoms with Crippen molar-refractivity contribution >= 4 is 39.1 Å². The SMILES string of the molecule is CCOC(=O)[C@H]1O[C@@H]1C(=O)N[C@@H](Cc1cscn1)C(=O)NCc1cn(-c2ccc(S(=O)(=O)N3CCCCC3)cc2)nn1. The molecule has 4 heterocycles. The molecule has 0 saturated carbocycles. The maximum Gasteiger partial charge on any atom is 0.338 e. The van der Waals surface area contributed by atoms with Crippen LogP contribution in [0.2, 0.25) is 0 Å². The minimum Gasteiger partial charge on any atom is -0.464 e. The van der Waals surface area contributed by atoms with Crippen LogP contribution in [-0.4, -0.2) is 88.4 Å². The lowest BCUT2D eigenvalue weighted by atomic mass is 10.1. The number of rotatable bonds is 12. The fourth-order valence-corrected chi connectivity index (χ4v) is 6.65. The van der Waals surface area contributed by atoms with Crippen LogP contribution in [0, 0.1) is 0 Å². The molecule has 0 bridgehead atoms. The number of carbonyl (C=O) groups is 3. The first kappa shape index (κ1) is 29.8. The molecule has 0 aliphatic carbocycles. The summed E-state index contributed by atoms with van der Waals surface area (Å²) in [4.78, 5) is 42.0. The zero-order valence-corrected chi connectivity index (χ0v) is 24.5. The van der Waals surface area contributed by atoms with Gasteiger partial charge in [-0.05, 0) is 44.0 Å². The lowest BCUT2D eigenvalue weighted by Crippen LogP contribution is -2.49. The third kappa shape index (κ3) is 7.00. The van der Waals surface area contributed by atoms with Crippen molar-refractivity contribution in [3.63, 3.8) is 0 Å². The van der Waals surface area contributed by atoms with Gasteiger partial charge in [-0.25, -0.2) is 22.9 Å². The summed E-state index contributed by atoms with van der Waals surface area (Å²) in [6.45, 7) is 2.90. The first-order chi connectivity index (χ1) is 20.3. The molecule has 0 radical (unpaired) electrons. The van der Waals surface area contributed by atoms with Crippen molar-refractivity contribution in [3.05, 3.63) is 52.7 Å². The van der Waals surface area contributed by atoms with Crippen LogP contribution in [0.25, 0.3) is 5.69 Å². The van der Waals surface area contributed by atoms with Crippen molar-refractivity contribution in [1.29, 1.82) is 0 Å². The second kappa shape index (κ2) is 13.1. The maximum atomic E-state index is 13.1. The standard InChI is InChI=1S/C26H31N7O7S2/c1-2-39-26(36)23-22(40-23)25(35)29-21(12-17-15-41-16-28-17)24(34)27-13-18-14-33(31-30-18)19-6-8-20(9-7-19)42(37,38)32-10-4-3-5-11-32/h6-9,14-16,21-23H,2-5,10-13H2,1H3,(H,27,34)(H,29,35)/t21-,22-,23-/m0/s1. The molecule has 224 valence electrons. The number of ether oxygens (including phenoxy) is 2. The highest BCUT2D eigenvalue weighted by atomic mass is 32.2. The summed E-state index contributed by atoms with van der Waals surface area (Å²) in [6, 6.07) is 5.42. The van der Waals surface area contributed by atoms with E-state index in [1.807, 2.05) is 0 Å². The Balaban J connectivity index is 1.19. The molecule has 2 aliphatic heterocycles. The number of esters is 1. The molecule has 14 nitrogen and oxygen atoms in total. The molecule has 2 saturated heterocycles. The van der Waals surface area contributed by atoms with Crippen LogP contribution in [-0.2, 0) is 46.8 Å². The maximum absolute atomic E-state index is 13.1. The van der Waals surface area contributed by atoms with Gasteiger partial charge < -0.3 is 20.1 Å². The molecule has 16 heteroatoms. The number of benzene rings is 1. The number of hydrogen-bond donors (Lipinski definition) is 2. The normalized spacial score (nSPS) is 19.5. The van der Waals surface area contributed by atoms with Gasteiger partial charge in [0, 0.05) is 24.9 Å². The molecule has 3 aromatic rings. The predicted molar refractivity (Wildman–Crippen MR) is 149 cm³/mol. The van der Waals surface area contributed by atoms with Gasteiger partial charge in [0.25, 0.3) is 5.91 Å². The third-order valence-electron chi connectivity index (χ3n) is 6.84. The van der Waals surface area contributed by atoms with E-state index in [4.69, 9.17) is 9.47 Å². The van der Waals surface area contributed by atoms with Crippen LogP contribution in [0.1, 0.15) is 37.6 Å². The van der Waals surface area contributed by atoms with Gasteiger partial charge in [-0.1, -0.05) is 11.6 Å². The third-order valence-corrected chi connectivity index (χ3v) is 9.39. The minimum atomic E-state index is -3.55. The first-order valence-electron chi connectivity index (χ1n) is 13.6. The molecule has 2 aliphatic rings. The summed E-state index contributed by atoms with van der Waals surface area (Å²) in [6.07, 6.45) is 2.50. The Kier molecular flexibility index (Phi) is 9.25. The number of hydrogen-bond acceptors (Lipinski definition) is 11. The number of sulfonamides is 1. The second-order valence-corrected chi connectivity index (χ2v) is 12.5. The van der Waals surface area contributed by atoms with Crippen molar-refractivity contribution in [2.24, 2.45) is 0 Å². The highest BCUT2D eigenvalue weighted by Gasteiger charge is 2.52. The Hall–Kier alpha value is -3.73. The van der Waals surface area contributed by atoms with Gasteiger partial charge in [0.05, 0.1) is 41.1 Å². The summed E-state index contributed by atoms with van der Waals surface area (Å²) < 4.78 is 38.9. The second-order valence-electron chi connectivity index (χ2n) is 9.81. The monoisotopic (exact) mass is 617 g/mol. The van der Waals surface area contributed by atoms with E-state index >= 15 is 0 Å².